The van der Waals surface area contributed by atoms with Gasteiger partial charge in [0.05, 0.1) is 4.90 Å². The predicted molar refractivity (Wildman–Crippen MR) is 81.0 cm³/mol. The Bertz CT molecular complexity index is 521. The molecule has 1 aromatic rings. The van der Waals surface area contributed by atoms with Gasteiger partial charge in [0.25, 0.3) is 0 Å². The zero-order chi connectivity index (χ0) is 14.6. The van der Waals surface area contributed by atoms with Crippen molar-refractivity contribution < 1.29 is 8.42 Å². The average molecular weight is 296 g/mol. The van der Waals surface area contributed by atoms with Gasteiger partial charge in [-0.05, 0) is 43.0 Å². The summed E-state index contributed by atoms with van der Waals surface area (Å²) >= 11 is 0. The fourth-order valence-electron chi connectivity index (χ4n) is 2.37. The number of hydrogen-bond donors (Lipinski definition) is 1. The summed E-state index contributed by atoms with van der Waals surface area (Å²) in [6.45, 7) is 4.37. The van der Waals surface area contributed by atoms with Crippen molar-refractivity contribution in [2.24, 2.45) is 5.92 Å². The van der Waals surface area contributed by atoms with Crippen molar-refractivity contribution >= 4 is 10.0 Å². The van der Waals surface area contributed by atoms with Crippen LogP contribution in [0, 0.1) is 5.92 Å². The maximum absolute atomic E-state index is 12.4. The molecule has 0 amide bonds. The summed E-state index contributed by atoms with van der Waals surface area (Å²) < 4.78 is 26.4. The van der Waals surface area contributed by atoms with Crippen molar-refractivity contribution in [2.75, 3.05) is 20.1 Å². The number of benzene rings is 1. The number of hydrogen-bond acceptors (Lipinski definition) is 3. The Morgan fingerprint density at radius 2 is 1.90 bits per heavy atom. The normalized spacial score (nSPS) is 16.4. The van der Waals surface area contributed by atoms with Crippen molar-refractivity contribution in [1.29, 1.82) is 0 Å². The van der Waals surface area contributed by atoms with E-state index >= 15 is 0 Å². The summed E-state index contributed by atoms with van der Waals surface area (Å²) in [5.74, 6) is 0.544. The molecule has 112 valence electrons. The molecule has 2 rings (SSSR count). The second kappa shape index (κ2) is 6.70. The van der Waals surface area contributed by atoms with Crippen LogP contribution in [0.2, 0.25) is 0 Å². The van der Waals surface area contributed by atoms with Gasteiger partial charge in [0.15, 0.2) is 0 Å². The van der Waals surface area contributed by atoms with Crippen LogP contribution < -0.4 is 5.32 Å². The smallest absolute Gasteiger partial charge is 0.242 e. The van der Waals surface area contributed by atoms with Crippen molar-refractivity contribution in [2.45, 2.75) is 37.6 Å². The third-order valence-corrected chi connectivity index (χ3v) is 5.79. The van der Waals surface area contributed by atoms with Gasteiger partial charge in [0.1, 0.15) is 0 Å². The van der Waals surface area contributed by atoms with Gasteiger partial charge in [-0.25, -0.2) is 12.7 Å². The predicted octanol–water partition coefficient (Wildman–Crippen LogP) is 2.22. The standard InChI is InChI=1S/C15H24N2O2S/c1-3-16-11-13-7-9-15(10-8-13)20(18,19)17(2)12-14-5-4-6-14/h7-10,14,16H,3-6,11-12H2,1-2H3. The molecule has 1 fully saturated rings. The molecular formula is C15H24N2O2S. The quantitative estimate of drug-likeness (QED) is 0.839. The van der Waals surface area contributed by atoms with Crippen LogP contribution >= 0.6 is 0 Å². The maximum atomic E-state index is 12.4. The molecule has 0 heterocycles. The number of rotatable bonds is 7. The molecule has 4 nitrogen and oxygen atoms in total. The Kier molecular flexibility index (Phi) is 5.18. The highest BCUT2D eigenvalue weighted by Gasteiger charge is 2.26. The third-order valence-electron chi connectivity index (χ3n) is 3.95. The first-order valence-electron chi connectivity index (χ1n) is 7.30. The van der Waals surface area contributed by atoms with Crippen molar-refractivity contribution in [3.05, 3.63) is 29.8 Å². The van der Waals surface area contributed by atoms with E-state index in [1.54, 1.807) is 19.2 Å². The number of nitrogens with one attached hydrogen (secondary N) is 1. The summed E-state index contributed by atoms with van der Waals surface area (Å²) in [7, 11) is -1.65. The van der Waals surface area contributed by atoms with Crippen molar-refractivity contribution in [1.82, 2.24) is 9.62 Å². The molecule has 0 atom stereocenters. The third kappa shape index (κ3) is 3.59. The molecule has 1 N–H and O–H groups in total. The lowest BCUT2D eigenvalue weighted by Crippen LogP contribution is -2.34. The Morgan fingerprint density at radius 3 is 2.40 bits per heavy atom. The van der Waals surface area contributed by atoms with E-state index in [1.165, 1.54) is 10.7 Å². The van der Waals surface area contributed by atoms with Gasteiger partial charge >= 0.3 is 0 Å². The summed E-state index contributed by atoms with van der Waals surface area (Å²) in [6.07, 6.45) is 3.54. The summed E-state index contributed by atoms with van der Waals surface area (Å²) in [5, 5.41) is 3.23. The molecular weight excluding hydrogens is 272 g/mol. The van der Waals surface area contributed by atoms with E-state index in [0.717, 1.165) is 31.5 Å². The van der Waals surface area contributed by atoms with Crippen molar-refractivity contribution in [3.8, 4) is 0 Å². The second-order valence-electron chi connectivity index (χ2n) is 5.51. The van der Waals surface area contributed by atoms with Crippen LogP contribution in [0.15, 0.2) is 29.2 Å². The molecule has 1 aliphatic rings. The van der Waals surface area contributed by atoms with Crippen LogP contribution in [-0.4, -0.2) is 32.9 Å². The van der Waals surface area contributed by atoms with E-state index in [2.05, 4.69) is 5.32 Å². The summed E-state index contributed by atoms with van der Waals surface area (Å²) in [5.41, 5.74) is 1.10. The molecule has 0 aromatic heterocycles. The first kappa shape index (κ1) is 15.5. The number of nitrogens with zero attached hydrogens (tertiary/aromatic N) is 1. The van der Waals surface area contributed by atoms with E-state index in [-0.39, 0.29) is 0 Å². The fraction of sp³-hybridized carbons (Fsp3) is 0.600. The molecule has 1 aromatic carbocycles. The first-order chi connectivity index (χ1) is 9.54. The van der Waals surface area contributed by atoms with Gasteiger partial charge < -0.3 is 5.32 Å². The highest BCUT2D eigenvalue weighted by Crippen LogP contribution is 2.28. The second-order valence-corrected chi connectivity index (χ2v) is 7.55. The molecule has 1 aliphatic carbocycles. The Hall–Kier alpha value is -0.910. The molecule has 1 saturated carbocycles. The van der Waals surface area contributed by atoms with Crippen LogP contribution in [0.4, 0.5) is 0 Å². The summed E-state index contributed by atoms with van der Waals surface area (Å²) in [6, 6.07) is 7.18. The van der Waals surface area contributed by atoms with Gasteiger partial charge in [-0.3, -0.25) is 0 Å². The maximum Gasteiger partial charge on any atom is 0.242 e. The molecule has 0 radical (unpaired) electrons. The Balaban J connectivity index is 2.04. The monoisotopic (exact) mass is 296 g/mol. The number of sulfonamides is 1. The lowest BCUT2D eigenvalue weighted by Gasteiger charge is -2.29. The van der Waals surface area contributed by atoms with Gasteiger partial charge in [-0.15, -0.1) is 0 Å². The highest BCUT2D eigenvalue weighted by molar-refractivity contribution is 7.89. The highest BCUT2D eigenvalue weighted by atomic mass is 32.2. The SMILES string of the molecule is CCNCc1ccc(S(=O)(=O)N(C)CC2CCC2)cc1. The van der Waals surface area contributed by atoms with E-state index in [4.69, 9.17) is 0 Å². The largest absolute Gasteiger partial charge is 0.313 e. The van der Waals surface area contributed by atoms with Gasteiger partial charge in [0.2, 0.25) is 10.0 Å². The zero-order valence-corrected chi connectivity index (χ0v) is 13.1. The van der Waals surface area contributed by atoms with E-state index < -0.39 is 10.0 Å². The van der Waals surface area contributed by atoms with Crippen LogP contribution in [0.5, 0.6) is 0 Å². The minimum absolute atomic E-state index is 0.388. The molecule has 0 unspecified atom stereocenters. The van der Waals surface area contributed by atoms with E-state index in [9.17, 15) is 8.42 Å². The first-order valence-corrected chi connectivity index (χ1v) is 8.74. The Labute approximate surface area is 122 Å². The molecule has 0 aliphatic heterocycles. The molecule has 0 bridgehead atoms. The van der Waals surface area contributed by atoms with Crippen LogP contribution in [0.3, 0.4) is 0 Å². The fourth-order valence-corrected chi connectivity index (χ4v) is 3.61. The minimum Gasteiger partial charge on any atom is -0.313 e. The zero-order valence-electron chi connectivity index (χ0n) is 12.3. The van der Waals surface area contributed by atoms with Gasteiger partial charge in [-0.2, -0.15) is 0 Å². The van der Waals surface area contributed by atoms with Crippen LogP contribution in [-0.2, 0) is 16.6 Å². The van der Waals surface area contributed by atoms with Crippen molar-refractivity contribution in [3.63, 3.8) is 0 Å². The van der Waals surface area contributed by atoms with E-state index in [0.29, 0.717) is 17.4 Å². The van der Waals surface area contributed by atoms with E-state index in [1.807, 2.05) is 19.1 Å². The molecule has 5 heteroatoms. The van der Waals surface area contributed by atoms with Gasteiger partial charge in [-0.1, -0.05) is 25.5 Å². The topological polar surface area (TPSA) is 49.4 Å². The lowest BCUT2D eigenvalue weighted by atomic mass is 9.86. The molecule has 20 heavy (non-hydrogen) atoms. The van der Waals surface area contributed by atoms with Crippen LogP contribution in [0.1, 0.15) is 31.7 Å². The van der Waals surface area contributed by atoms with Gasteiger partial charge in [0, 0.05) is 20.1 Å². The molecule has 0 saturated heterocycles. The van der Waals surface area contributed by atoms with Crippen LogP contribution in [0.25, 0.3) is 0 Å². The lowest BCUT2D eigenvalue weighted by molar-refractivity contribution is 0.263. The molecule has 0 spiro atoms. The Morgan fingerprint density at radius 1 is 1.25 bits per heavy atom. The minimum atomic E-state index is -3.33. The average Bonchev–Trinajstić information content (AvgIpc) is 2.40. The summed E-state index contributed by atoms with van der Waals surface area (Å²) in [4.78, 5) is 0.388.